The van der Waals surface area contributed by atoms with E-state index in [2.05, 4.69) is 25.6 Å². The lowest BCUT2D eigenvalue weighted by Gasteiger charge is -2.22. The molecular weight excluding hydrogens is 644 g/mol. The zero-order valence-corrected chi connectivity index (χ0v) is 26.9. The molecule has 3 aromatic carbocycles. The number of ether oxygens (including phenoxy) is 3. The molecule has 256 valence electrons. The fourth-order valence-electron chi connectivity index (χ4n) is 6.58. The van der Waals surface area contributed by atoms with E-state index in [1.54, 1.807) is 0 Å². The van der Waals surface area contributed by atoms with Crippen LogP contribution in [0.4, 0.5) is 10.7 Å². The molecule has 0 bridgehead atoms. The van der Waals surface area contributed by atoms with Crippen LogP contribution in [0.3, 0.4) is 0 Å². The largest absolute Gasteiger partial charge is 0.461 e. The molecule has 1 fully saturated rings. The highest BCUT2D eigenvalue weighted by molar-refractivity contribution is 5.87. The Hall–Kier alpha value is -5.86. The second kappa shape index (κ2) is 13.9. The number of hydrogen-bond donors (Lipinski definition) is 4. The van der Waals surface area contributed by atoms with Crippen LogP contribution in [-0.2, 0) is 30.4 Å². The predicted molar refractivity (Wildman–Crippen MR) is 180 cm³/mol. The number of hydrogen-bond acceptors (Lipinski definition) is 10. The highest BCUT2D eigenvalue weighted by atomic mass is 16.6. The van der Waals surface area contributed by atoms with Gasteiger partial charge in [0.2, 0.25) is 11.9 Å². The minimum atomic E-state index is -1.39. The number of imidazole rings is 1. The number of nitrogens with one attached hydrogen (secondary N) is 3. The van der Waals surface area contributed by atoms with Gasteiger partial charge in [-0.25, -0.2) is 9.78 Å². The molecule has 2 amide bonds. The van der Waals surface area contributed by atoms with Crippen molar-refractivity contribution >= 4 is 35.1 Å². The maximum atomic E-state index is 13.4. The Morgan fingerprint density at radius 2 is 1.64 bits per heavy atom. The van der Waals surface area contributed by atoms with Gasteiger partial charge in [0.25, 0.3) is 5.56 Å². The van der Waals surface area contributed by atoms with Crippen LogP contribution in [-0.4, -0.2) is 67.5 Å². The summed E-state index contributed by atoms with van der Waals surface area (Å²) in [4.78, 5) is 61.3. The van der Waals surface area contributed by atoms with E-state index in [-0.39, 0.29) is 49.1 Å². The number of aromatic nitrogens is 4. The van der Waals surface area contributed by atoms with Crippen molar-refractivity contribution in [2.24, 2.45) is 0 Å². The van der Waals surface area contributed by atoms with Crippen molar-refractivity contribution in [2.45, 2.75) is 56.8 Å². The normalized spacial score (nSPS) is 19.5. The molecule has 5 aromatic rings. The van der Waals surface area contributed by atoms with E-state index in [9.17, 15) is 24.3 Å². The van der Waals surface area contributed by atoms with Crippen molar-refractivity contribution in [3.8, 4) is 11.1 Å². The number of anilines is 1. The second-order valence-corrected chi connectivity index (χ2v) is 12.2. The van der Waals surface area contributed by atoms with Gasteiger partial charge in [0, 0.05) is 19.3 Å². The molecule has 1 aliphatic heterocycles. The van der Waals surface area contributed by atoms with E-state index in [1.807, 2.05) is 78.9 Å². The van der Waals surface area contributed by atoms with Crippen molar-refractivity contribution in [3.05, 3.63) is 112 Å². The van der Waals surface area contributed by atoms with Gasteiger partial charge in [0.1, 0.15) is 19.3 Å². The molecule has 1 saturated heterocycles. The molecule has 14 nitrogen and oxygen atoms in total. The number of carbonyl (C=O) groups is 3. The van der Waals surface area contributed by atoms with Crippen LogP contribution in [0.25, 0.3) is 22.3 Å². The Kier molecular flexibility index (Phi) is 9.11. The summed E-state index contributed by atoms with van der Waals surface area (Å²) >= 11 is 0. The fourth-order valence-corrected chi connectivity index (χ4v) is 6.58. The summed E-state index contributed by atoms with van der Waals surface area (Å²) < 4.78 is 18.8. The van der Waals surface area contributed by atoms with Crippen molar-refractivity contribution in [3.63, 3.8) is 0 Å². The van der Waals surface area contributed by atoms with Crippen LogP contribution in [0.2, 0.25) is 0 Å². The first kappa shape index (κ1) is 32.7. The maximum Gasteiger partial charge on any atom is 0.407 e. The third kappa shape index (κ3) is 6.58. The summed E-state index contributed by atoms with van der Waals surface area (Å²) in [6, 6.07) is 24.1. The van der Waals surface area contributed by atoms with Crippen LogP contribution in [0.15, 0.2) is 90.0 Å². The van der Waals surface area contributed by atoms with Gasteiger partial charge < -0.3 is 24.6 Å². The molecule has 0 unspecified atom stereocenters. The number of fused-ring (bicyclic) bond motifs is 4. The Balaban J connectivity index is 1.09. The molecule has 1 aliphatic carbocycles. The number of alkyl carbamates (subject to hydrolysis) is 1. The molecular formula is C36H34N6O8. The number of benzene rings is 3. The van der Waals surface area contributed by atoms with E-state index in [0.29, 0.717) is 0 Å². The first-order valence-electron chi connectivity index (χ1n) is 16.2. The van der Waals surface area contributed by atoms with Crippen LogP contribution in [0, 0.1) is 0 Å². The third-order valence-electron chi connectivity index (χ3n) is 8.88. The van der Waals surface area contributed by atoms with Crippen LogP contribution in [0.5, 0.6) is 0 Å². The maximum absolute atomic E-state index is 13.4. The Bertz CT molecular complexity index is 2070. The average molecular weight is 679 g/mol. The number of carbonyl (C=O) groups excluding carboxylic acids is 3. The van der Waals surface area contributed by atoms with E-state index < -0.39 is 48.0 Å². The highest BCUT2D eigenvalue weighted by Crippen LogP contribution is 2.44. The summed E-state index contributed by atoms with van der Waals surface area (Å²) in [6.07, 6.45) is -2.95. The topological polar surface area (TPSA) is 187 Å². The SMILES string of the molecule is CC(=O)Nc1nc2c(ncn2[C@@H]2O[C@H](CCC(=O)OCc3ccccc3)[C@@H](NC(=O)OCC3c4ccccc4-c4ccccc43)[C@H]2O)c(=O)[nH]1. The summed E-state index contributed by atoms with van der Waals surface area (Å²) in [5, 5.41) is 16.8. The molecule has 0 radical (unpaired) electrons. The van der Waals surface area contributed by atoms with Gasteiger partial charge in [-0.15, -0.1) is 0 Å². The highest BCUT2D eigenvalue weighted by Gasteiger charge is 2.46. The minimum Gasteiger partial charge on any atom is -0.461 e. The van der Waals surface area contributed by atoms with Gasteiger partial charge in [-0.3, -0.25) is 29.3 Å². The molecule has 7 rings (SSSR count). The molecule has 4 atom stereocenters. The van der Waals surface area contributed by atoms with Gasteiger partial charge in [0.15, 0.2) is 17.4 Å². The molecule has 4 N–H and O–H groups in total. The number of amides is 2. The molecule has 2 aliphatic rings. The zero-order valence-electron chi connectivity index (χ0n) is 26.9. The summed E-state index contributed by atoms with van der Waals surface area (Å²) in [6.45, 7) is 1.41. The number of aliphatic hydroxyl groups excluding tert-OH is 1. The van der Waals surface area contributed by atoms with E-state index in [0.717, 1.165) is 27.8 Å². The van der Waals surface area contributed by atoms with Crippen LogP contribution < -0.4 is 16.2 Å². The first-order chi connectivity index (χ1) is 24.3. The zero-order chi connectivity index (χ0) is 34.8. The molecule has 0 saturated carbocycles. The molecule has 50 heavy (non-hydrogen) atoms. The third-order valence-corrected chi connectivity index (χ3v) is 8.88. The quantitative estimate of drug-likeness (QED) is 0.159. The van der Waals surface area contributed by atoms with E-state index >= 15 is 0 Å². The van der Waals surface area contributed by atoms with E-state index in [1.165, 1.54) is 17.8 Å². The minimum absolute atomic E-state index is 0.0318. The summed E-state index contributed by atoms with van der Waals surface area (Å²) in [7, 11) is 0. The second-order valence-electron chi connectivity index (χ2n) is 12.2. The Labute approximate surface area is 285 Å². The number of esters is 1. The molecule has 0 spiro atoms. The standard InChI is InChI=1S/C36H34N6O8/c1-20(43)38-35-40-32-30(33(46)41-35)37-19-42(32)34-31(45)29(27(50-34)15-16-28(44)48-17-21-9-3-2-4-10-21)39-36(47)49-18-26-24-13-7-5-11-22(24)23-12-6-8-14-25(23)26/h2-14,19,26-27,29,31,34,45H,15-18H2,1H3,(H,39,47)(H2,38,40,41,43,46)/t27-,29-,31-,34-/m1/s1. The lowest BCUT2D eigenvalue weighted by molar-refractivity contribution is -0.146. The van der Waals surface area contributed by atoms with Gasteiger partial charge in [-0.2, -0.15) is 4.98 Å². The molecule has 3 heterocycles. The predicted octanol–water partition coefficient (Wildman–Crippen LogP) is 3.77. The molecule has 14 heteroatoms. The summed E-state index contributed by atoms with van der Waals surface area (Å²) in [5.41, 5.74) is 4.46. The van der Waals surface area contributed by atoms with Gasteiger partial charge in [0.05, 0.1) is 18.5 Å². The lowest BCUT2D eigenvalue weighted by Crippen LogP contribution is -2.47. The average Bonchev–Trinajstić information content (AvgIpc) is 3.77. The lowest BCUT2D eigenvalue weighted by atomic mass is 9.98. The van der Waals surface area contributed by atoms with Gasteiger partial charge >= 0.3 is 12.1 Å². The number of nitrogens with zero attached hydrogens (tertiary/aromatic N) is 3. The van der Waals surface area contributed by atoms with Crippen molar-refractivity contribution in [2.75, 3.05) is 11.9 Å². The van der Waals surface area contributed by atoms with E-state index in [4.69, 9.17) is 14.2 Å². The van der Waals surface area contributed by atoms with Crippen molar-refractivity contribution in [1.82, 2.24) is 24.8 Å². The van der Waals surface area contributed by atoms with Crippen molar-refractivity contribution < 1.29 is 33.7 Å². The number of rotatable bonds is 10. The fraction of sp³-hybridized carbons (Fsp3) is 0.278. The monoisotopic (exact) mass is 678 g/mol. The Morgan fingerprint density at radius 3 is 2.34 bits per heavy atom. The van der Waals surface area contributed by atoms with Crippen LogP contribution >= 0.6 is 0 Å². The smallest absolute Gasteiger partial charge is 0.407 e. The Morgan fingerprint density at radius 1 is 0.960 bits per heavy atom. The molecule has 2 aromatic heterocycles. The van der Waals surface area contributed by atoms with Gasteiger partial charge in [-0.05, 0) is 34.2 Å². The summed E-state index contributed by atoms with van der Waals surface area (Å²) in [5.74, 6) is -1.24. The van der Waals surface area contributed by atoms with Crippen molar-refractivity contribution in [1.29, 1.82) is 0 Å². The number of H-pyrrole nitrogens is 1. The van der Waals surface area contributed by atoms with Gasteiger partial charge in [-0.1, -0.05) is 78.9 Å². The number of aromatic amines is 1. The van der Waals surface area contributed by atoms with Crippen LogP contribution in [0.1, 0.15) is 48.6 Å². The first-order valence-corrected chi connectivity index (χ1v) is 16.2. The number of aliphatic hydroxyl groups is 1.